The van der Waals surface area contributed by atoms with Crippen molar-refractivity contribution in [2.45, 2.75) is 49.9 Å². The second-order valence-corrected chi connectivity index (χ2v) is 11.6. The molecule has 1 aliphatic rings. The number of carbonyl (C=O) groups excluding carboxylic acids is 1. The predicted octanol–water partition coefficient (Wildman–Crippen LogP) is 4.97. The number of nitrogens with one attached hydrogen (secondary N) is 1. The summed E-state index contributed by atoms with van der Waals surface area (Å²) in [6.07, 6.45) is -4.45. The molecule has 2 heterocycles. The Hall–Kier alpha value is -3.98. The highest BCUT2D eigenvalue weighted by Crippen LogP contribution is 2.30. The van der Waals surface area contributed by atoms with Crippen LogP contribution in [-0.2, 0) is 21.1 Å². The summed E-state index contributed by atoms with van der Waals surface area (Å²) in [6.45, 7) is -4.08. The molecule has 1 aliphatic heterocycles. The molecule has 1 amide bonds. The number of pyridine rings is 1. The molecule has 43 heavy (non-hydrogen) atoms. The summed E-state index contributed by atoms with van der Waals surface area (Å²) in [5.41, 5.74) is 0.633. The summed E-state index contributed by atoms with van der Waals surface area (Å²) < 4.78 is 118. The summed E-state index contributed by atoms with van der Waals surface area (Å²) in [6, 6.07) is 12.6. The Morgan fingerprint density at radius 3 is 2.40 bits per heavy atom. The Labute approximate surface area is 247 Å². The molecule has 15 heteroatoms. The zero-order chi connectivity index (χ0) is 33.0. The molecule has 0 spiro atoms. The quantitative estimate of drug-likeness (QED) is 0.280. The Kier molecular flexibility index (Phi) is 9.17. The van der Waals surface area contributed by atoms with Crippen LogP contribution in [0.2, 0.25) is 0 Å². The zero-order valence-electron chi connectivity index (χ0n) is 24.6. The molecule has 0 saturated carbocycles. The van der Waals surface area contributed by atoms with Crippen molar-refractivity contribution in [3.05, 3.63) is 78.0 Å². The minimum Gasteiger partial charge on any atom is -0.472 e. The number of halogens is 5. The molecule has 1 N–H and O–H groups in total. The monoisotopic (exact) mass is 631 g/mol. The summed E-state index contributed by atoms with van der Waals surface area (Å²) in [5, 5.41) is 2.27. The number of sulfone groups is 1. The normalized spacial score (nSPS) is 18.3. The topological polar surface area (TPSA) is 107 Å². The van der Waals surface area contributed by atoms with Gasteiger partial charge in [0.2, 0.25) is 5.88 Å². The standard InChI is InChI=1S/C28H28F5N3O6S/c1-2-43(38,39)24-10-3-18(4-11-24)14-35-26(37)19-5-7-20(8-6-19)36-16-23(13-21(36)17-40-27(29)30)41-25-12-9-22(15-34-25)42-28(31,32)33/h3-12,15,21,23,27H,2,13-14,16-17H2,1H3,(H,35,37)/t21-,23-/m0/s1/i14D2. The van der Waals surface area contributed by atoms with Crippen LogP contribution in [0.3, 0.4) is 0 Å². The first-order valence-corrected chi connectivity index (χ1v) is 14.5. The highest BCUT2D eigenvalue weighted by molar-refractivity contribution is 7.91. The van der Waals surface area contributed by atoms with Crippen LogP contribution in [0.25, 0.3) is 0 Å². The summed E-state index contributed by atoms with van der Waals surface area (Å²) in [7, 11) is -3.48. The summed E-state index contributed by atoms with van der Waals surface area (Å²) in [5.74, 6) is -1.43. The number of aromatic nitrogens is 1. The lowest BCUT2D eigenvalue weighted by molar-refractivity contribution is -0.274. The number of ether oxygens (including phenoxy) is 3. The van der Waals surface area contributed by atoms with E-state index in [4.69, 9.17) is 7.48 Å². The molecule has 4 rings (SSSR count). The van der Waals surface area contributed by atoms with E-state index < -0.39 is 53.1 Å². The van der Waals surface area contributed by atoms with Crippen molar-refractivity contribution in [3.63, 3.8) is 0 Å². The highest BCUT2D eigenvalue weighted by Gasteiger charge is 2.35. The van der Waals surface area contributed by atoms with Crippen molar-refractivity contribution >= 4 is 21.4 Å². The first-order valence-electron chi connectivity index (χ1n) is 13.9. The number of alkyl halides is 5. The van der Waals surface area contributed by atoms with Gasteiger partial charge in [0.25, 0.3) is 5.91 Å². The van der Waals surface area contributed by atoms with Crippen molar-refractivity contribution in [1.29, 1.82) is 0 Å². The molecule has 9 nitrogen and oxygen atoms in total. The lowest BCUT2D eigenvalue weighted by atomic mass is 10.1. The third kappa shape index (κ3) is 9.00. The Morgan fingerprint density at radius 2 is 1.81 bits per heavy atom. The van der Waals surface area contributed by atoms with E-state index in [0.717, 1.165) is 12.3 Å². The van der Waals surface area contributed by atoms with E-state index in [1.807, 2.05) is 0 Å². The number of hydrogen-bond donors (Lipinski definition) is 1. The third-order valence-corrected chi connectivity index (χ3v) is 8.15. The number of amides is 1. The fourth-order valence-electron chi connectivity index (χ4n) is 4.34. The van der Waals surface area contributed by atoms with Gasteiger partial charge in [-0.1, -0.05) is 19.1 Å². The van der Waals surface area contributed by atoms with E-state index in [1.165, 1.54) is 61.5 Å². The average Bonchev–Trinajstić information content (AvgIpc) is 3.38. The Morgan fingerprint density at radius 1 is 1.12 bits per heavy atom. The fraction of sp³-hybridized carbons (Fsp3) is 0.357. The maximum Gasteiger partial charge on any atom is 0.573 e. The van der Waals surface area contributed by atoms with Crippen LogP contribution in [0.1, 0.15) is 32.0 Å². The van der Waals surface area contributed by atoms with Crippen LogP contribution in [0.5, 0.6) is 11.6 Å². The molecule has 2 atom stereocenters. The maximum atomic E-state index is 12.9. The van der Waals surface area contributed by atoms with E-state index in [-0.39, 0.29) is 47.2 Å². The average molecular weight is 632 g/mol. The molecular weight excluding hydrogens is 601 g/mol. The van der Waals surface area contributed by atoms with Gasteiger partial charge in [0.15, 0.2) is 9.84 Å². The molecule has 1 fully saturated rings. The van der Waals surface area contributed by atoms with Crippen molar-refractivity contribution in [2.24, 2.45) is 0 Å². The minimum absolute atomic E-state index is 0.00665. The molecule has 0 bridgehead atoms. The predicted molar refractivity (Wildman–Crippen MR) is 145 cm³/mol. The van der Waals surface area contributed by atoms with Gasteiger partial charge in [0.1, 0.15) is 11.9 Å². The van der Waals surface area contributed by atoms with E-state index in [1.54, 1.807) is 4.90 Å². The van der Waals surface area contributed by atoms with E-state index >= 15 is 0 Å². The first kappa shape index (κ1) is 29.1. The maximum absolute atomic E-state index is 12.9. The van der Waals surface area contributed by atoms with Gasteiger partial charge in [0, 0.05) is 30.2 Å². The van der Waals surface area contributed by atoms with E-state index in [2.05, 4.69) is 19.8 Å². The summed E-state index contributed by atoms with van der Waals surface area (Å²) in [4.78, 5) is 18.4. The minimum atomic E-state index is -4.89. The number of hydrogen-bond acceptors (Lipinski definition) is 8. The number of rotatable bonds is 12. The third-order valence-electron chi connectivity index (χ3n) is 6.40. The molecule has 232 valence electrons. The molecule has 1 aromatic heterocycles. The van der Waals surface area contributed by atoms with Gasteiger partial charge in [-0.3, -0.25) is 4.79 Å². The number of nitrogens with zero attached hydrogens (tertiary/aromatic N) is 2. The van der Waals surface area contributed by atoms with Crippen molar-refractivity contribution in [2.75, 3.05) is 23.8 Å². The molecule has 2 aromatic carbocycles. The van der Waals surface area contributed by atoms with E-state index in [9.17, 15) is 35.2 Å². The smallest absolute Gasteiger partial charge is 0.472 e. The van der Waals surface area contributed by atoms with Gasteiger partial charge in [0.05, 0.1) is 38.8 Å². The van der Waals surface area contributed by atoms with Gasteiger partial charge < -0.3 is 24.4 Å². The lowest BCUT2D eigenvalue weighted by Gasteiger charge is -2.26. The van der Waals surface area contributed by atoms with Crippen molar-refractivity contribution < 1.29 is 52.1 Å². The highest BCUT2D eigenvalue weighted by atomic mass is 32.2. The molecule has 3 aromatic rings. The Bertz CT molecular complexity index is 1560. The van der Waals surface area contributed by atoms with Crippen LogP contribution in [-0.4, -0.2) is 63.3 Å². The second-order valence-electron chi connectivity index (χ2n) is 9.31. The van der Waals surface area contributed by atoms with Gasteiger partial charge in [-0.2, -0.15) is 8.78 Å². The van der Waals surface area contributed by atoms with Crippen molar-refractivity contribution in [3.8, 4) is 11.6 Å². The molecule has 0 aliphatic carbocycles. The number of carbonyl (C=O) groups is 1. The van der Waals surface area contributed by atoms with Crippen LogP contribution in [0.4, 0.5) is 27.6 Å². The van der Waals surface area contributed by atoms with Crippen LogP contribution in [0.15, 0.2) is 71.8 Å². The number of anilines is 1. The summed E-state index contributed by atoms with van der Waals surface area (Å²) >= 11 is 0. The van der Waals surface area contributed by atoms with Gasteiger partial charge >= 0.3 is 13.0 Å². The SMILES string of the molecule is [2H]C([2H])(NC(=O)c1ccc(N2C[C@@H](Oc3ccc(OC(F)(F)F)cn3)C[C@H]2COC(F)F)cc1)c1ccc(S(=O)(=O)CC)cc1. The zero-order valence-corrected chi connectivity index (χ0v) is 23.4. The van der Waals surface area contributed by atoms with Gasteiger partial charge in [-0.15, -0.1) is 13.2 Å². The van der Waals surface area contributed by atoms with E-state index in [0.29, 0.717) is 5.69 Å². The first-order chi connectivity index (χ1) is 21.1. The van der Waals surface area contributed by atoms with Crippen molar-refractivity contribution in [1.82, 2.24) is 10.3 Å². The van der Waals surface area contributed by atoms with Gasteiger partial charge in [-0.05, 0) is 48.0 Å². The Balaban J connectivity index is 1.43. The van der Waals surface area contributed by atoms with Gasteiger partial charge in [-0.25, -0.2) is 13.4 Å². The number of benzene rings is 2. The molecule has 0 radical (unpaired) electrons. The van der Waals surface area contributed by atoms with Crippen LogP contribution < -0.4 is 19.7 Å². The molecule has 0 unspecified atom stereocenters. The van der Waals surface area contributed by atoms with Crippen LogP contribution in [0, 0.1) is 0 Å². The second kappa shape index (κ2) is 13.5. The van der Waals surface area contributed by atoms with Crippen LogP contribution >= 0.6 is 0 Å². The largest absolute Gasteiger partial charge is 0.573 e. The lowest BCUT2D eigenvalue weighted by Crippen LogP contribution is -2.34. The molecular formula is C28H28F5N3O6S. The molecule has 1 saturated heterocycles. The fourth-order valence-corrected chi connectivity index (χ4v) is 5.22.